The molecule has 0 aromatic heterocycles. The van der Waals surface area contributed by atoms with Crippen LogP contribution in [0.4, 0.5) is 0 Å². The number of ether oxygens (including phenoxy) is 1. The fourth-order valence-electron chi connectivity index (χ4n) is 10.7. The molecule has 0 aromatic carbocycles. The first-order chi connectivity index (χ1) is 37.5. The number of carbonyl (C=O) groups excluding carboxylic acids is 2. The molecule has 0 saturated carbocycles. The smallest absolute Gasteiger partial charge is 0.305 e. The Morgan fingerprint density at radius 2 is 0.658 bits per heavy atom. The Hall–Kier alpha value is -1.92. The second kappa shape index (κ2) is 65.6. The van der Waals surface area contributed by atoms with Gasteiger partial charge in [0.2, 0.25) is 5.91 Å². The summed E-state index contributed by atoms with van der Waals surface area (Å²) in [5.41, 5.74) is 0. The van der Waals surface area contributed by atoms with Gasteiger partial charge in [0.1, 0.15) is 0 Å². The normalized spacial score (nSPS) is 12.7. The second-order valence-corrected chi connectivity index (χ2v) is 23.5. The molecule has 448 valence electrons. The zero-order chi connectivity index (χ0) is 55.0. The molecule has 0 fully saturated rings. The highest BCUT2D eigenvalue weighted by Gasteiger charge is 2.18. The molecule has 0 spiro atoms. The lowest BCUT2D eigenvalue weighted by atomic mass is 10.0. The Labute approximate surface area is 474 Å². The van der Waals surface area contributed by atoms with E-state index in [-0.39, 0.29) is 18.5 Å². The Morgan fingerprint density at radius 3 is 1.00 bits per heavy atom. The van der Waals surface area contributed by atoms with Crippen LogP contribution in [-0.2, 0) is 14.3 Å². The van der Waals surface area contributed by atoms with Gasteiger partial charge in [-0.2, -0.15) is 0 Å². The summed E-state index contributed by atoms with van der Waals surface area (Å²) in [6.45, 7) is 4.93. The summed E-state index contributed by atoms with van der Waals surface area (Å²) in [7, 11) is 0. The van der Waals surface area contributed by atoms with Gasteiger partial charge in [-0.25, -0.2) is 0 Å². The van der Waals surface area contributed by atoms with Crippen LogP contribution in [0.25, 0.3) is 0 Å². The van der Waals surface area contributed by atoms with E-state index in [4.69, 9.17) is 4.74 Å². The Kier molecular flexibility index (Phi) is 63.9. The molecule has 2 atom stereocenters. The average molecular weight is 1070 g/mol. The Balaban J connectivity index is 3.42. The number of amides is 1. The van der Waals surface area contributed by atoms with Gasteiger partial charge in [0.05, 0.1) is 25.4 Å². The molecule has 0 aliphatic rings. The van der Waals surface area contributed by atoms with Gasteiger partial charge in [0, 0.05) is 12.8 Å². The minimum absolute atomic E-state index is 0.0142. The van der Waals surface area contributed by atoms with E-state index in [1.165, 1.54) is 302 Å². The van der Waals surface area contributed by atoms with Gasteiger partial charge in [-0.05, 0) is 64.2 Å². The lowest BCUT2D eigenvalue weighted by Gasteiger charge is -2.20. The number of unbranched alkanes of at least 4 members (excludes halogenated alkanes) is 49. The third kappa shape index (κ3) is 61.3. The molecule has 76 heavy (non-hydrogen) atoms. The maximum Gasteiger partial charge on any atom is 0.305 e. The molecular formula is C70H133NO5. The van der Waals surface area contributed by atoms with Crippen LogP contribution in [-0.4, -0.2) is 47.4 Å². The third-order valence-electron chi connectivity index (χ3n) is 15.9. The van der Waals surface area contributed by atoms with Crippen LogP contribution in [0.1, 0.15) is 373 Å². The van der Waals surface area contributed by atoms with E-state index in [0.29, 0.717) is 19.4 Å². The van der Waals surface area contributed by atoms with Crippen molar-refractivity contribution < 1.29 is 24.5 Å². The van der Waals surface area contributed by atoms with E-state index in [9.17, 15) is 19.8 Å². The number of aliphatic hydroxyl groups excluding tert-OH is 2. The van der Waals surface area contributed by atoms with Crippen LogP contribution in [0.15, 0.2) is 36.5 Å². The van der Waals surface area contributed by atoms with Crippen LogP contribution < -0.4 is 5.32 Å². The fraction of sp³-hybridized carbons (Fsp3) is 0.886. The molecule has 0 aromatic rings. The molecule has 6 nitrogen and oxygen atoms in total. The van der Waals surface area contributed by atoms with Gasteiger partial charge in [0.15, 0.2) is 0 Å². The van der Waals surface area contributed by atoms with Crippen molar-refractivity contribution in [1.29, 1.82) is 0 Å². The van der Waals surface area contributed by atoms with E-state index < -0.39 is 12.1 Å². The second-order valence-electron chi connectivity index (χ2n) is 23.5. The van der Waals surface area contributed by atoms with Crippen molar-refractivity contribution >= 4 is 11.9 Å². The zero-order valence-corrected chi connectivity index (χ0v) is 51.3. The molecule has 0 saturated heterocycles. The minimum atomic E-state index is -0.845. The summed E-state index contributed by atoms with van der Waals surface area (Å²) in [5.74, 6) is -0.0526. The van der Waals surface area contributed by atoms with Crippen LogP contribution >= 0.6 is 0 Å². The predicted octanol–water partition coefficient (Wildman–Crippen LogP) is 21.9. The Bertz CT molecular complexity index is 1230. The highest BCUT2D eigenvalue weighted by molar-refractivity contribution is 5.76. The summed E-state index contributed by atoms with van der Waals surface area (Å²) in [4.78, 5) is 24.5. The minimum Gasteiger partial charge on any atom is -0.466 e. The van der Waals surface area contributed by atoms with Crippen molar-refractivity contribution in [2.45, 2.75) is 386 Å². The summed E-state index contributed by atoms with van der Waals surface area (Å²) >= 11 is 0. The van der Waals surface area contributed by atoms with Crippen LogP contribution in [0, 0.1) is 0 Å². The number of nitrogens with one attached hydrogen (secondary N) is 1. The van der Waals surface area contributed by atoms with Crippen molar-refractivity contribution in [2.24, 2.45) is 0 Å². The lowest BCUT2D eigenvalue weighted by molar-refractivity contribution is -0.143. The summed E-state index contributed by atoms with van der Waals surface area (Å²) in [6.07, 6.45) is 83.6. The number of allylic oxidation sites excluding steroid dienone is 5. The molecule has 0 heterocycles. The highest BCUT2D eigenvalue weighted by Crippen LogP contribution is 2.18. The molecule has 6 heteroatoms. The van der Waals surface area contributed by atoms with Crippen LogP contribution in [0.5, 0.6) is 0 Å². The molecule has 3 N–H and O–H groups in total. The standard InChI is InChI=1S/C70H133NO5/c1-3-5-7-9-11-13-15-17-19-35-38-42-46-50-54-58-62-68(73)67(66-72)71-69(74)63-59-55-51-47-43-39-36-33-31-29-27-25-23-21-20-22-24-26-28-30-32-34-37-41-45-49-53-57-61-65-76-70(75)64-60-56-52-48-44-40-18-16-14-12-10-8-6-4-2/h20,22,26,28,58,62,67-68,72-73H,3-19,21,23-25,27,29-57,59-61,63-66H2,1-2H3,(H,71,74)/b22-20-,28-26-,62-58+. The van der Waals surface area contributed by atoms with Crippen molar-refractivity contribution in [3.63, 3.8) is 0 Å². The van der Waals surface area contributed by atoms with Gasteiger partial charge >= 0.3 is 5.97 Å². The van der Waals surface area contributed by atoms with Crippen LogP contribution in [0.2, 0.25) is 0 Å². The van der Waals surface area contributed by atoms with Gasteiger partial charge in [-0.3, -0.25) is 9.59 Å². The molecule has 0 aliphatic heterocycles. The van der Waals surface area contributed by atoms with Crippen molar-refractivity contribution in [3.05, 3.63) is 36.5 Å². The van der Waals surface area contributed by atoms with Gasteiger partial charge in [-0.15, -0.1) is 0 Å². The zero-order valence-electron chi connectivity index (χ0n) is 51.3. The first kappa shape index (κ1) is 74.1. The summed E-state index contributed by atoms with van der Waals surface area (Å²) in [5, 5.41) is 23.2. The molecule has 0 rings (SSSR count). The average Bonchev–Trinajstić information content (AvgIpc) is 3.42. The third-order valence-corrected chi connectivity index (χ3v) is 15.9. The molecular weight excluding hydrogens is 935 g/mol. The first-order valence-corrected chi connectivity index (χ1v) is 34.3. The number of carbonyl (C=O) groups is 2. The molecule has 1 amide bonds. The lowest BCUT2D eigenvalue weighted by Crippen LogP contribution is -2.45. The van der Waals surface area contributed by atoms with Crippen molar-refractivity contribution in [2.75, 3.05) is 13.2 Å². The molecule has 2 unspecified atom stereocenters. The quantitative estimate of drug-likeness (QED) is 0.0320. The Morgan fingerprint density at radius 1 is 0.368 bits per heavy atom. The van der Waals surface area contributed by atoms with E-state index in [1.54, 1.807) is 6.08 Å². The van der Waals surface area contributed by atoms with Crippen molar-refractivity contribution in [3.8, 4) is 0 Å². The first-order valence-electron chi connectivity index (χ1n) is 34.3. The highest BCUT2D eigenvalue weighted by atomic mass is 16.5. The van der Waals surface area contributed by atoms with Gasteiger partial charge in [-0.1, -0.05) is 333 Å². The SMILES string of the molecule is CCCCCCCCCCCCCCCC/C=C/C(O)C(CO)NC(=O)CCCCCCCCCCCCCCC/C=C\C/C=C\CCCCCCCCCCCOC(=O)CCCCCCCCCCCCCCCC. The molecule has 0 radical (unpaired) electrons. The van der Waals surface area contributed by atoms with Gasteiger partial charge in [0.25, 0.3) is 0 Å². The summed E-state index contributed by atoms with van der Waals surface area (Å²) in [6, 6.07) is -0.629. The van der Waals surface area contributed by atoms with E-state index in [1.807, 2.05) is 6.08 Å². The number of hydrogen-bond acceptors (Lipinski definition) is 5. The fourth-order valence-corrected chi connectivity index (χ4v) is 10.7. The number of aliphatic hydroxyl groups is 2. The van der Waals surface area contributed by atoms with E-state index in [2.05, 4.69) is 43.5 Å². The van der Waals surface area contributed by atoms with E-state index in [0.717, 1.165) is 44.9 Å². The number of rotatable bonds is 64. The number of hydrogen-bond donors (Lipinski definition) is 3. The van der Waals surface area contributed by atoms with Crippen LogP contribution in [0.3, 0.4) is 0 Å². The summed E-state index contributed by atoms with van der Waals surface area (Å²) < 4.78 is 5.49. The topological polar surface area (TPSA) is 95.9 Å². The van der Waals surface area contributed by atoms with E-state index >= 15 is 0 Å². The maximum atomic E-state index is 12.5. The number of esters is 1. The maximum absolute atomic E-state index is 12.5. The largest absolute Gasteiger partial charge is 0.466 e. The predicted molar refractivity (Wildman–Crippen MR) is 333 cm³/mol. The van der Waals surface area contributed by atoms with Crippen molar-refractivity contribution in [1.82, 2.24) is 5.32 Å². The molecule has 0 aliphatic carbocycles. The molecule has 0 bridgehead atoms. The van der Waals surface area contributed by atoms with Gasteiger partial charge < -0.3 is 20.3 Å². The monoisotopic (exact) mass is 1070 g/mol.